The average Bonchev–Trinajstić information content (AvgIpc) is 3.32. The number of para-hydroxylation sites is 2. The van der Waals surface area contributed by atoms with Gasteiger partial charge >= 0.3 is 0 Å². The Morgan fingerprint density at radius 2 is 1.82 bits per heavy atom. The van der Waals surface area contributed by atoms with Crippen LogP contribution in [0.3, 0.4) is 0 Å². The van der Waals surface area contributed by atoms with Crippen molar-refractivity contribution >= 4 is 21.4 Å². The van der Waals surface area contributed by atoms with E-state index in [1.165, 1.54) is 49.8 Å². The molecular formula is C21H27N3O3S. The summed E-state index contributed by atoms with van der Waals surface area (Å²) < 4.78 is 25.6. The molecule has 150 valence electrons. The third-order valence-electron chi connectivity index (χ3n) is 5.89. The second-order valence-electron chi connectivity index (χ2n) is 7.91. The molecule has 3 unspecified atom stereocenters. The first-order chi connectivity index (χ1) is 13.4. The van der Waals surface area contributed by atoms with Gasteiger partial charge in [0.15, 0.2) is 6.23 Å². The van der Waals surface area contributed by atoms with E-state index in [1.807, 2.05) is 18.2 Å². The van der Waals surface area contributed by atoms with Crippen LogP contribution in [0.1, 0.15) is 31.1 Å². The fourth-order valence-corrected chi connectivity index (χ4v) is 5.23. The van der Waals surface area contributed by atoms with E-state index in [9.17, 15) is 13.5 Å². The zero-order valence-corrected chi connectivity index (χ0v) is 17.1. The summed E-state index contributed by atoms with van der Waals surface area (Å²) in [6, 6.07) is 15.0. The van der Waals surface area contributed by atoms with Gasteiger partial charge in [-0.15, -0.1) is 0 Å². The topological polar surface area (TPSA) is 72.9 Å². The van der Waals surface area contributed by atoms with E-state index < -0.39 is 16.3 Å². The first kappa shape index (κ1) is 19.2. The summed E-state index contributed by atoms with van der Waals surface area (Å²) in [5.41, 5.74) is 2.64. The van der Waals surface area contributed by atoms with Crippen molar-refractivity contribution < 1.29 is 13.5 Å². The van der Waals surface area contributed by atoms with E-state index in [4.69, 9.17) is 0 Å². The Morgan fingerprint density at radius 3 is 2.43 bits per heavy atom. The maximum atomic E-state index is 12.2. The largest absolute Gasteiger partial charge is 0.369 e. The summed E-state index contributed by atoms with van der Waals surface area (Å²) >= 11 is 0. The number of fused-ring (bicyclic) bond motifs is 2. The molecule has 1 saturated carbocycles. The van der Waals surface area contributed by atoms with E-state index in [0.29, 0.717) is 11.6 Å². The Bertz CT molecular complexity index is 944. The lowest BCUT2D eigenvalue weighted by atomic mass is 10.1. The highest BCUT2D eigenvalue weighted by Crippen LogP contribution is 2.42. The van der Waals surface area contributed by atoms with Gasteiger partial charge in [0.25, 0.3) is 0 Å². The Labute approximate surface area is 166 Å². The number of sulfonamides is 1. The van der Waals surface area contributed by atoms with Crippen molar-refractivity contribution in [2.24, 2.45) is 5.92 Å². The molecule has 28 heavy (non-hydrogen) atoms. The molecule has 1 aliphatic carbocycles. The van der Waals surface area contributed by atoms with Crippen LogP contribution >= 0.6 is 0 Å². The highest BCUT2D eigenvalue weighted by atomic mass is 32.2. The SMILES string of the molecule is CN(C)S(=O)(=O)c1ccc(C(O)Nc2ccccc2N2CC3CCC2C3)cc1. The van der Waals surface area contributed by atoms with E-state index in [-0.39, 0.29) is 4.90 Å². The summed E-state index contributed by atoms with van der Waals surface area (Å²) in [6.45, 7) is 1.08. The molecule has 0 amide bonds. The van der Waals surface area contributed by atoms with Crippen LogP contribution in [0.25, 0.3) is 0 Å². The molecule has 1 aliphatic heterocycles. The number of rotatable bonds is 6. The normalized spacial score (nSPS) is 22.6. The minimum absolute atomic E-state index is 0.210. The van der Waals surface area contributed by atoms with Crippen molar-refractivity contribution in [3.8, 4) is 0 Å². The van der Waals surface area contributed by atoms with E-state index in [2.05, 4.69) is 16.3 Å². The van der Waals surface area contributed by atoms with Crippen molar-refractivity contribution in [2.45, 2.75) is 36.4 Å². The van der Waals surface area contributed by atoms with Gasteiger partial charge in [-0.3, -0.25) is 0 Å². The molecule has 4 rings (SSSR count). The molecule has 3 atom stereocenters. The van der Waals surface area contributed by atoms with E-state index in [1.54, 1.807) is 12.1 Å². The summed E-state index contributed by atoms with van der Waals surface area (Å²) in [4.78, 5) is 2.66. The molecule has 2 fully saturated rings. The smallest absolute Gasteiger partial charge is 0.242 e. The molecule has 1 saturated heterocycles. The molecule has 2 aromatic carbocycles. The lowest BCUT2D eigenvalue weighted by molar-refractivity contribution is 0.208. The first-order valence-electron chi connectivity index (χ1n) is 9.69. The molecule has 6 nitrogen and oxygen atoms in total. The predicted molar refractivity (Wildman–Crippen MR) is 111 cm³/mol. The zero-order valence-electron chi connectivity index (χ0n) is 16.2. The summed E-state index contributed by atoms with van der Waals surface area (Å²) in [5, 5.41) is 13.9. The third-order valence-corrected chi connectivity index (χ3v) is 7.72. The van der Waals surface area contributed by atoms with Crippen LogP contribution in [-0.2, 0) is 10.0 Å². The van der Waals surface area contributed by atoms with Crippen molar-refractivity contribution in [3.63, 3.8) is 0 Å². The molecular weight excluding hydrogens is 374 g/mol. The van der Waals surface area contributed by atoms with Gasteiger partial charge in [-0.1, -0.05) is 24.3 Å². The highest BCUT2D eigenvalue weighted by Gasteiger charge is 2.38. The lowest BCUT2D eigenvalue weighted by Gasteiger charge is -2.31. The van der Waals surface area contributed by atoms with E-state index in [0.717, 1.165) is 23.8 Å². The van der Waals surface area contributed by atoms with Gasteiger partial charge in [0.2, 0.25) is 10.0 Å². The average molecular weight is 402 g/mol. The fraction of sp³-hybridized carbons (Fsp3) is 0.429. The quantitative estimate of drug-likeness (QED) is 0.728. The van der Waals surface area contributed by atoms with Crippen LogP contribution in [0.5, 0.6) is 0 Å². The van der Waals surface area contributed by atoms with Gasteiger partial charge in [-0.05, 0) is 49.4 Å². The number of hydrogen-bond donors (Lipinski definition) is 2. The standard InChI is InChI=1S/C21H27N3O3S/c1-23(2)28(26,27)18-11-8-16(9-12-18)21(25)22-19-5-3-4-6-20(19)24-14-15-7-10-17(24)13-15/h3-6,8-9,11-12,15,17,21-22,25H,7,10,13-14H2,1-2H3. The van der Waals surface area contributed by atoms with Crippen molar-refractivity contribution in [1.82, 2.24) is 4.31 Å². The van der Waals surface area contributed by atoms with Gasteiger partial charge < -0.3 is 15.3 Å². The van der Waals surface area contributed by atoms with Crippen LogP contribution in [-0.4, -0.2) is 44.5 Å². The van der Waals surface area contributed by atoms with Crippen molar-refractivity contribution in [3.05, 3.63) is 54.1 Å². The van der Waals surface area contributed by atoms with Gasteiger partial charge in [-0.25, -0.2) is 12.7 Å². The fourth-order valence-electron chi connectivity index (χ4n) is 4.33. The molecule has 0 aromatic heterocycles. The minimum atomic E-state index is -3.48. The molecule has 7 heteroatoms. The third kappa shape index (κ3) is 3.50. The number of benzene rings is 2. The molecule has 1 heterocycles. The van der Waals surface area contributed by atoms with Crippen LogP contribution in [0.2, 0.25) is 0 Å². The lowest BCUT2D eigenvalue weighted by Crippen LogP contribution is -2.32. The number of nitrogens with zero attached hydrogens (tertiary/aromatic N) is 2. The molecule has 0 spiro atoms. The Hall–Kier alpha value is -2.09. The monoisotopic (exact) mass is 401 g/mol. The Kier molecular flexibility index (Phi) is 5.07. The maximum absolute atomic E-state index is 12.2. The maximum Gasteiger partial charge on any atom is 0.242 e. The van der Waals surface area contributed by atoms with Crippen LogP contribution in [0.4, 0.5) is 11.4 Å². The number of aliphatic hydroxyl groups excluding tert-OH is 1. The molecule has 2 bridgehead atoms. The van der Waals surface area contributed by atoms with Crippen molar-refractivity contribution in [1.29, 1.82) is 0 Å². The number of hydrogen-bond acceptors (Lipinski definition) is 5. The minimum Gasteiger partial charge on any atom is -0.369 e. The number of nitrogens with one attached hydrogen (secondary N) is 1. The predicted octanol–water partition coefficient (Wildman–Crippen LogP) is 3.03. The Morgan fingerprint density at radius 1 is 1.11 bits per heavy atom. The van der Waals surface area contributed by atoms with E-state index >= 15 is 0 Å². The number of anilines is 2. The molecule has 0 radical (unpaired) electrons. The first-order valence-corrected chi connectivity index (χ1v) is 11.1. The van der Waals surface area contributed by atoms with Crippen LogP contribution in [0.15, 0.2) is 53.4 Å². The molecule has 2 N–H and O–H groups in total. The van der Waals surface area contributed by atoms with Crippen LogP contribution < -0.4 is 10.2 Å². The molecule has 2 aromatic rings. The van der Waals surface area contributed by atoms with Crippen molar-refractivity contribution in [2.75, 3.05) is 30.9 Å². The summed E-state index contributed by atoms with van der Waals surface area (Å²) in [6.07, 6.45) is 2.90. The summed E-state index contributed by atoms with van der Waals surface area (Å²) in [7, 11) is -0.473. The van der Waals surface area contributed by atoms with Gasteiger partial charge in [0, 0.05) is 32.2 Å². The number of piperidine rings is 1. The van der Waals surface area contributed by atoms with Gasteiger partial charge in [0.1, 0.15) is 0 Å². The van der Waals surface area contributed by atoms with Gasteiger partial charge in [-0.2, -0.15) is 0 Å². The molecule has 2 aliphatic rings. The second kappa shape index (κ2) is 7.39. The van der Waals surface area contributed by atoms with Crippen LogP contribution in [0, 0.1) is 5.92 Å². The highest BCUT2D eigenvalue weighted by molar-refractivity contribution is 7.89. The summed E-state index contributed by atoms with van der Waals surface area (Å²) in [5.74, 6) is 0.786. The zero-order chi connectivity index (χ0) is 19.9. The number of aliphatic hydroxyl groups is 1. The second-order valence-corrected chi connectivity index (χ2v) is 10.1. The van der Waals surface area contributed by atoms with Gasteiger partial charge in [0.05, 0.1) is 16.3 Å². The Balaban J connectivity index is 1.52.